The minimum Gasteiger partial charge on any atom is -0.380 e. The number of ether oxygens (including phenoxy) is 1. The van der Waals surface area contributed by atoms with Crippen LogP contribution in [0.5, 0.6) is 0 Å². The molecule has 2 aromatic rings. The average molecular weight is 308 g/mol. The molecule has 0 radical (unpaired) electrons. The molecule has 1 heterocycles. The van der Waals surface area contributed by atoms with E-state index in [9.17, 15) is 9.18 Å². The van der Waals surface area contributed by atoms with Crippen LogP contribution in [0, 0.1) is 5.82 Å². The molecule has 120 valence electrons. The van der Waals surface area contributed by atoms with Crippen LogP contribution in [-0.4, -0.2) is 41.8 Å². The lowest BCUT2D eigenvalue weighted by molar-refractivity contribution is -0.123. The van der Waals surface area contributed by atoms with Crippen LogP contribution >= 0.6 is 0 Å². The van der Waals surface area contributed by atoms with E-state index in [1.807, 2.05) is 17.7 Å². The summed E-state index contributed by atoms with van der Waals surface area (Å²) in [7, 11) is 3.36. The van der Waals surface area contributed by atoms with Gasteiger partial charge in [-0.15, -0.1) is 0 Å². The van der Waals surface area contributed by atoms with E-state index in [-0.39, 0.29) is 24.2 Å². The predicted octanol–water partition coefficient (Wildman–Crippen LogP) is 0.735. The quantitative estimate of drug-likeness (QED) is 0.790. The topological polar surface area (TPSA) is 82.2 Å². The van der Waals surface area contributed by atoms with Gasteiger partial charge in [0.2, 0.25) is 5.91 Å². The minimum atomic E-state index is -0.339. The van der Waals surface area contributed by atoms with E-state index >= 15 is 0 Å². The van der Waals surface area contributed by atoms with Gasteiger partial charge in [0.25, 0.3) is 0 Å². The number of nitrogens with two attached hydrogens (primary N) is 1. The molecule has 7 heteroatoms. The number of benzene rings is 1. The summed E-state index contributed by atoms with van der Waals surface area (Å²) in [5.41, 5.74) is 6.57. The highest BCUT2D eigenvalue weighted by molar-refractivity contribution is 5.77. The number of aryl methyl sites for hydroxylation is 1. The van der Waals surface area contributed by atoms with Crippen LogP contribution in [0.4, 0.5) is 4.39 Å². The van der Waals surface area contributed by atoms with Crippen LogP contribution in [0.2, 0.25) is 0 Å². The van der Waals surface area contributed by atoms with Crippen LogP contribution in [0.3, 0.4) is 0 Å². The van der Waals surface area contributed by atoms with Gasteiger partial charge in [-0.05, 0) is 12.1 Å². The molecular weight excluding hydrogens is 287 g/mol. The number of nitrogens with one attached hydrogen (secondary N) is 1. The van der Waals surface area contributed by atoms with Crippen molar-refractivity contribution in [3.05, 3.63) is 29.8 Å². The first kappa shape index (κ1) is 16.4. The maximum Gasteiger partial charge on any atom is 0.222 e. The molecule has 0 spiro atoms. The van der Waals surface area contributed by atoms with Gasteiger partial charge in [-0.1, -0.05) is 6.07 Å². The third-order valence-electron chi connectivity index (χ3n) is 3.63. The van der Waals surface area contributed by atoms with Gasteiger partial charge in [0.1, 0.15) is 11.3 Å². The standard InChI is InChI=1S/C15H21FN4O2/c1-20-12-5-3-4-11(16)15(12)19-13(20)6-7-18-14(21)8-10(9-17)22-2/h3-5,10H,6-9,17H2,1-2H3,(H,18,21). The first-order chi connectivity index (χ1) is 10.6. The van der Waals surface area contributed by atoms with Crippen LogP contribution in [-0.2, 0) is 23.0 Å². The van der Waals surface area contributed by atoms with Gasteiger partial charge in [-0.3, -0.25) is 4.79 Å². The number of imidazole rings is 1. The number of para-hydroxylation sites is 1. The maximum absolute atomic E-state index is 13.7. The Bertz CT molecular complexity index is 652. The second kappa shape index (κ2) is 7.33. The number of hydrogen-bond donors (Lipinski definition) is 2. The van der Waals surface area contributed by atoms with E-state index in [4.69, 9.17) is 10.5 Å². The van der Waals surface area contributed by atoms with Crippen molar-refractivity contribution in [3.63, 3.8) is 0 Å². The molecule has 6 nitrogen and oxygen atoms in total. The third-order valence-corrected chi connectivity index (χ3v) is 3.63. The molecule has 0 fully saturated rings. The summed E-state index contributed by atoms with van der Waals surface area (Å²) in [6, 6.07) is 4.86. The zero-order valence-electron chi connectivity index (χ0n) is 12.8. The Kier molecular flexibility index (Phi) is 5.46. The lowest BCUT2D eigenvalue weighted by Gasteiger charge is -2.12. The number of carbonyl (C=O) groups excluding carboxylic acids is 1. The van der Waals surface area contributed by atoms with Gasteiger partial charge in [-0.2, -0.15) is 0 Å². The van der Waals surface area contributed by atoms with Crippen molar-refractivity contribution in [2.75, 3.05) is 20.2 Å². The number of hydrogen-bond acceptors (Lipinski definition) is 4. The van der Waals surface area contributed by atoms with Crippen molar-refractivity contribution in [2.45, 2.75) is 18.9 Å². The van der Waals surface area contributed by atoms with E-state index in [0.717, 1.165) is 11.3 Å². The number of fused-ring (bicyclic) bond motifs is 1. The molecule has 2 rings (SSSR count). The molecule has 1 aromatic carbocycles. The summed E-state index contributed by atoms with van der Waals surface area (Å²) in [6.45, 7) is 0.729. The summed E-state index contributed by atoms with van der Waals surface area (Å²) in [5.74, 6) is 0.263. The summed E-state index contributed by atoms with van der Waals surface area (Å²) < 4.78 is 20.6. The molecule has 0 aliphatic heterocycles. The molecule has 0 aliphatic rings. The Labute approximate surface area is 128 Å². The van der Waals surface area contributed by atoms with Crippen molar-refractivity contribution < 1.29 is 13.9 Å². The number of methoxy groups -OCH3 is 1. The highest BCUT2D eigenvalue weighted by atomic mass is 19.1. The van der Waals surface area contributed by atoms with Crippen LogP contribution in [0.25, 0.3) is 11.0 Å². The zero-order valence-corrected chi connectivity index (χ0v) is 12.8. The van der Waals surface area contributed by atoms with Gasteiger partial charge >= 0.3 is 0 Å². The third kappa shape index (κ3) is 3.61. The first-order valence-electron chi connectivity index (χ1n) is 7.16. The minimum absolute atomic E-state index is 0.123. The number of nitrogens with zero attached hydrogens (tertiary/aromatic N) is 2. The number of amides is 1. The lowest BCUT2D eigenvalue weighted by atomic mass is 10.2. The fraction of sp³-hybridized carbons (Fsp3) is 0.467. The monoisotopic (exact) mass is 308 g/mol. The predicted molar refractivity (Wildman–Crippen MR) is 81.9 cm³/mol. The van der Waals surface area contributed by atoms with E-state index < -0.39 is 0 Å². The van der Waals surface area contributed by atoms with Gasteiger partial charge in [0.15, 0.2) is 5.82 Å². The van der Waals surface area contributed by atoms with Crippen molar-refractivity contribution in [3.8, 4) is 0 Å². The average Bonchev–Trinajstić information content (AvgIpc) is 2.83. The van der Waals surface area contributed by atoms with Gasteiger partial charge < -0.3 is 20.4 Å². The van der Waals surface area contributed by atoms with E-state index in [1.54, 1.807) is 6.07 Å². The second-order valence-corrected chi connectivity index (χ2v) is 5.09. The second-order valence-electron chi connectivity index (χ2n) is 5.09. The van der Waals surface area contributed by atoms with Crippen molar-refractivity contribution >= 4 is 16.9 Å². The normalized spacial score (nSPS) is 12.5. The van der Waals surface area contributed by atoms with Gasteiger partial charge in [0, 0.05) is 33.7 Å². The lowest BCUT2D eigenvalue weighted by Crippen LogP contribution is -2.33. The molecule has 1 atom stereocenters. The van der Waals surface area contributed by atoms with Crippen LogP contribution in [0.1, 0.15) is 12.2 Å². The molecular formula is C15H21FN4O2. The van der Waals surface area contributed by atoms with Crippen molar-refractivity contribution in [2.24, 2.45) is 12.8 Å². The van der Waals surface area contributed by atoms with Crippen molar-refractivity contribution in [1.82, 2.24) is 14.9 Å². The van der Waals surface area contributed by atoms with Crippen LogP contribution < -0.4 is 11.1 Å². The SMILES string of the molecule is COC(CN)CC(=O)NCCc1nc2c(F)cccc2n1C. The van der Waals surface area contributed by atoms with Gasteiger partial charge in [-0.25, -0.2) is 9.37 Å². The first-order valence-corrected chi connectivity index (χ1v) is 7.16. The van der Waals surface area contributed by atoms with Gasteiger partial charge in [0.05, 0.1) is 18.0 Å². The van der Waals surface area contributed by atoms with E-state index in [1.165, 1.54) is 13.2 Å². The number of aromatic nitrogens is 2. The highest BCUT2D eigenvalue weighted by Gasteiger charge is 2.13. The smallest absolute Gasteiger partial charge is 0.222 e. The number of halogens is 1. The number of carbonyl (C=O) groups is 1. The maximum atomic E-state index is 13.7. The zero-order chi connectivity index (χ0) is 16.1. The summed E-state index contributed by atoms with van der Waals surface area (Å²) in [6.07, 6.45) is 0.478. The molecule has 0 aliphatic carbocycles. The van der Waals surface area contributed by atoms with E-state index in [0.29, 0.717) is 25.0 Å². The molecule has 1 aromatic heterocycles. The number of rotatable bonds is 7. The molecule has 1 unspecified atom stereocenters. The summed E-state index contributed by atoms with van der Waals surface area (Å²) in [5, 5.41) is 2.79. The van der Waals surface area contributed by atoms with Crippen LogP contribution in [0.15, 0.2) is 18.2 Å². The fourth-order valence-electron chi connectivity index (χ4n) is 2.31. The molecule has 0 saturated heterocycles. The Morgan fingerprint density at radius 1 is 1.55 bits per heavy atom. The molecule has 1 amide bonds. The Morgan fingerprint density at radius 2 is 2.32 bits per heavy atom. The van der Waals surface area contributed by atoms with E-state index in [2.05, 4.69) is 10.3 Å². The van der Waals surface area contributed by atoms with Crippen molar-refractivity contribution in [1.29, 1.82) is 0 Å². The molecule has 0 bridgehead atoms. The fourth-order valence-corrected chi connectivity index (χ4v) is 2.31. The Balaban J connectivity index is 1.94. The molecule has 0 saturated carbocycles. The molecule has 22 heavy (non-hydrogen) atoms. The summed E-state index contributed by atoms with van der Waals surface area (Å²) >= 11 is 0. The largest absolute Gasteiger partial charge is 0.380 e. The Morgan fingerprint density at radius 3 is 2.95 bits per heavy atom. The summed E-state index contributed by atoms with van der Waals surface area (Å²) in [4.78, 5) is 16.0. The Hall–Kier alpha value is -1.99. The highest BCUT2D eigenvalue weighted by Crippen LogP contribution is 2.17. The molecule has 3 N–H and O–H groups in total.